The van der Waals surface area contributed by atoms with Crippen molar-refractivity contribution in [3.8, 4) is 0 Å². The largest absolute Gasteiger partial charge is 0.383 e. The van der Waals surface area contributed by atoms with E-state index in [1.54, 1.807) is 7.11 Å². The molecule has 0 radical (unpaired) electrons. The molecule has 0 aliphatic carbocycles. The second kappa shape index (κ2) is 10.00. The second-order valence-corrected chi connectivity index (χ2v) is 4.52. The molecule has 0 saturated carbocycles. The first kappa shape index (κ1) is 15.1. The van der Waals surface area contributed by atoms with E-state index in [1.165, 1.54) is 5.56 Å². The summed E-state index contributed by atoms with van der Waals surface area (Å²) in [5.41, 5.74) is 1.31. The third-order valence-electron chi connectivity index (χ3n) is 2.79. The Hall–Kier alpha value is -0.970. The number of aryl methyl sites for hydroxylation is 1. The van der Waals surface area contributed by atoms with Gasteiger partial charge in [-0.15, -0.1) is 0 Å². The van der Waals surface area contributed by atoms with E-state index in [1.807, 2.05) is 18.5 Å². The first-order chi connectivity index (χ1) is 8.83. The molecule has 18 heavy (non-hydrogen) atoms. The van der Waals surface area contributed by atoms with Crippen LogP contribution >= 0.6 is 0 Å². The fourth-order valence-corrected chi connectivity index (χ4v) is 1.75. The SMILES string of the molecule is COCCNCC(C)NCCCc1cccnc1. The lowest BCUT2D eigenvalue weighted by Gasteiger charge is -2.14. The Morgan fingerprint density at radius 1 is 1.39 bits per heavy atom. The molecule has 0 aliphatic heterocycles. The highest BCUT2D eigenvalue weighted by Gasteiger charge is 2.00. The predicted octanol–water partition coefficient (Wildman–Crippen LogP) is 1.23. The molecule has 1 aromatic rings. The number of nitrogens with one attached hydrogen (secondary N) is 2. The molecule has 102 valence electrons. The second-order valence-electron chi connectivity index (χ2n) is 4.52. The van der Waals surface area contributed by atoms with E-state index in [4.69, 9.17) is 4.74 Å². The van der Waals surface area contributed by atoms with Crippen molar-refractivity contribution < 1.29 is 4.74 Å². The van der Waals surface area contributed by atoms with Gasteiger partial charge in [0, 0.05) is 38.6 Å². The summed E-state index contributed by atoms with van der Waals surface area (Å²) in [5.74, 6) is 0. The number of aromatic nitrogens is 1. The van der Waals surface area contributed by atoms with E-state index in [2.05, 4.69) is 28.6 Å². The van der Waals surface area contributed by atoms with Crippen LogP contribution in [0.15, 0.2) is 24.5 Å². The minimum absolute atomic E-state index is 0.496. The van der Waals surface area contributed by atoms with Crippen LogP contribution < -0.4 is 10.6 Å². The van der Waals surface area contributed by atoms with Gasteiger partial charge in [0.2, 0.25) is 0 Å². The number of rotatable bonds is 10. The number of hydrogen-bond donors (Lipinski definition) is 2. The molecular weight excluding hydrogens is 226 g/mol. The molecule has 1 heterocycles. The topological polar surface area (TPSA) is 46.2 Å². The van der Waals surface area contributed by atoms with E-state index >= 15 is 0 Å². The maximum atomic E-state index is 4.98. The lowest BCUT2D eigenvalue weighted by atomic mass is 10.1. The summed E-state index contributed by atoms with van der Waals surface area (Å²) >= 11 is 0. The Kier molecular flexibility index (Phi) is 8.38. The van der Waals surface area contributed by atoms with Gasteiger partial charge >= 0.3 is 0 Å². The summed E-state index contributed by atoms with van der Waals surface area (Å²) in [5, 5.41) is 6.85. The molecule has 0 saturated heterocycles. The molecule has 1 atom stereocenters. The molecule has 0 aliphatic rings. The standard InChI is InChI=1S/C14H25N3O/c1-13(11-16-9-10-18-2)17-8-4-6-14-5-3-7-15-12-14/h3,5,7,12-13,16-17H,4,6,8-11H2,1-2H3. The van der Waals surface area contributed by atoms with Crippen LogP contribution in [0.25, 0.3) is 0 Å². The van der Waals surface area contributed by atoms with Gasteiger partial charge in [-0.1, -0.05) is 6.07 Å². The number of hydrogen-bond acceptors (Lipinski definition) is 4. The summed E-state index contributed by atoms with van der Waals surface area (Å²) in [6, 6.07) is 4.61. The third-order valence-corrected chi connectivity index (χ3v) is 2.79. The van der Waals surface area contributed by atoms with Gasteiger partial charge in [-0.25, -0.2) is 0 Å². The first-order valence-electron chi connectivity index (χ1n) is 6.65. The van der Waals surface area contributed by atoms with Gasteiger partial charge in [-0.3, -0.25) is 4.98 Å². The van der Waals surface area contributed by atoms with Crippen molar-refractivity contribution in [3.63, 3.8) is 0 Å². The van der Waals surface area contributed by atoms with Crippen LogP contribution in [0, 0.1) is 0 Å². The zero-order chi connectivity index (χ0) is 13.1. The quantitative estimate of drug-likeness (QED) is 0.614. The van der Waals surface area contributed by atoms with Gasteiger partial charge < -0.3 is 15.4 Å². The predicted molar refractivity (Wildman–Crippen MR) is 74.8 cm³/mol. The van der Waals surface area contributed by atoms with Crippen molar-refractivity contribution in [2.24, 2.45) is 0 Å². The summed E-state index contributed by atoms with van der Waals surface area (Å²) < 4.78 is 4.98. The number of pyridine rings is 1. The average Bonchev–Trinajstić information content (AvgIpc) is 2.41. The van der Waals surface area contributed by atoms with Gasteiger partial charge in [-0.2, -0.15) is 0 Å². The average molecular weight is 251 g/mol. The molecule has 4 nitrogen and oxygen atoms in total. The molecule has 0 aromatic carbocycles. The van der Waals surface area contributed by atoms with Crippen molar-refractivity contribution in [2.75, 3.05) is 33.4 Å². The van der Waals surface area contributed by atoms with Crippen LogP contribution in [0.5, 0.6) is 0 Å². The van der Waals surface area contributed by atoms with E-state index < -0.39 is 0 Å². The van der Waals surface area contributed by atoms with E-state index in [0.717, 1.165) is 39.1 Å². The molecule has 1 unspecified atom stereocenters. The molecule has 2 N–H and O–H groups in total. The Labute approximate surface area is 110 Å². The summed E-state index contributed by atoms with van der Waals surface area (Å²) in [6.45, 7) is 5.91. The number of ether oxygens (including phenoxy) is 1. The van der Waals surface area contributed by atoms with Gasteiger partial charge in [0.1, 0.15) is 0 Å². The molecule has 4 heteroatoms. The van der Waals surface area contributed by atoms with Crippen molar-refractivity contribution in [1.29, 1.82) is 0 Å². The maximum absolute atomic E-state index is 4.98. The van der Waals surface area contributed by atoms with Crippen LogP contribution in [0.3, 0.4) is 0 Å². The Morgan fingerprint density at radius 3 is 3.00 bits per heavy atom. The van der Waals surface area contributed by atoms with E-state index in [-0.39, 0.29) is 0 Å². The first-order valence-corrected chi connectivity index (χ1v) is 6.65. The fourth-order valence-electron chi connectivity index (χ4n) is 1.75. The Morgan fingerprint density at radius 2 is 2.28 bits per heavy atom. The lowest BCUT2D eigenvalue weighted by Crippen LogP contribution is -2.38. The highest BCUT2D eigenvalue weighted by molar-refractivity contribution is 5.08. The Bertz CT molecular complexity index is 292. The van der Waals surface area contributed by atoms with Crippen LogP contribution in [0.2, 0.25) is 0 Å². The third kappa shape index (κ3) is 7.37. The normalized spacial score (nSPS) is 12.6. The molecule has 0 bridgehead atoms. The van der Waals surface area contributed by atoms with Gasteiger partial charge in [0.05, 0.1) is 6.61 Å². The number of nitrogens with zero attached hydrogens (tertiary/aromatic N) is 1. The van der Waals surface area contributed by atoms with Crippen LogP contribution in [-0.2, 0) is 11.2 Å². The zero-order valence-electron chi connectivity index (χ0n) is 11.5. The van der Waals surface area contributed by atoms with Crippen molar-refractivity contribution in [3.05, 3.63) is 30.1 Å². The molecule has 0 amide bonds. The van der Waals surface area contributed by atoms with Crippen LogP contribution in [-0.4, -0.2) is 44.4 Å². The van der Waals surface area contributed by atoms with Crippen molar-refractivity contribution in [1.82, 2.24) is 15.6 Å². The van der Waals surface area contributed by atoms with E-state index in [0.29, 0.717) is 6.04 Å². The minimum Gasteiger partial charge on any atom is -0.383 e. The minimum atomic E-state index is 0.496. The smallest absolute Gasteiger partial charge is 0.0587 e. The summed E-state index contributed by atoms with van der Waals surface area (Å²) in [7, 11) is 1.72. The molecule has 0 spiro atoms. The van der Waals surface area contributed by atoms with Crippen LogP contribution in [0.4, 0.5) is 0 Å². The highest BCUT2D eigenvalue weighted by Crippen LogP contribution is 1.99. The van der Waals surface area contributed by atoms with Gasteiger partial charge in [-0.05, 0) is 37.9 Å². The lowest BCUT2D eigenvalue weighted by molar-refractivity contribution is 0.198. The summed E-state index contributed by atoms with van der Waals surface area (Å²) in [6.07, 6.45) is 5.99. The highest BCUT2D eigenvalue weighted by atomic mass is 16.5. The maximum Gasteiger partial charge on any atom is 0.0587 e. The van der Waals surface area contributed by atoms with Crippen molar-refractivity contribution in [2.45, 2.75) is 25.8 Å². The fraction of sp³-hybridized carbons (Fsp3) is 0.643. The van der Waals surface area contributed by atoms with E-state index in [9.17, 15) is 0 Å². The van der Waals surface area contributed by atoms with Gasteiger partial charge in [0.15, 0.2) is 0 Å². The monoisotopic (exact) mass is 251 g/mol. The molecular formula is C14H25N3O. The zero-order valence-corrected chi connectivity index (χ0v) is 11.5. The Balaban J connectivity index is 1.97. The number of methoxy groups -OCH3 is 1. The van der Waals surface area contributed by atoms with Gasteiger partial charge in [0.25, 0.3) is 0 Å². The molecule has 0 fully saturated rings. The summed E-state index contributed by atoms with van der Waals surface area (Å²) in [4.78, 5) is 4.11. The van der Waals surface area contributed by atoms with Crippen molar-refractivity contribution >= 4 is 0 Å². The molecule has 1 rings (SSSR count). The molecule has 1 aromatic heterocycles. The van der Waals surface area contributed by atoms with Crippen LogP contribution in [0.1, 0.15) is 18.9 Å².